The molecule has 19 heavy (non-hydrogen) atoms. The molecule has 0 saturated heterocycles. The fourth-order valence-electron chi connectivity index (χ4n) is 2.12. The topological polar surface area (TPSA) is 29.1 Å². The molecule has 1 aromatic carbocycles. The van der Waals surface area contributed by atoms with Gasteiger partial charge in [-0.15, -0.1) is 0 Å². The van der Waals surface area contributed by atoms with Gasteiger partial charge in [0.15, 0.2) is 0 Å². The highest BCUT2D eigenvalue weighted by Crippen LogP contribution is 2.17. The van der Waals surface area contributed by atoms with E-state index in [9.17, 15) is 4.79 Å². The van der Waals surface area contributed by atoms with Crippen molar-refractivity contribution in [3.05, 3.63) is 42.0 Å². The maximum Gasteiger partial charge on any atom is 0.250 e. The van der Waals surface area contributed by atoms with Crippen molar-refractivity contribution in [1.29, 1.82) is 0 Å². The summed E-state index contributed by atoms with van der Waals surface area (Å²) in [4.78, 5) is 12.0. The van der Waals surface area contributed by atoms with E-state index in [-0.39, 0.29) is 5.91 Å². The molecule has 0 bridgehead atoms. The molecule has 0 unspecified atom stereocenters. The average molecular weight is 259 g/mol. The van der Waals surface area contributed by atoms with Gasteiger partial charge in [-0.2, -0.15) is 0 Å². The van der Waals surface area contributed by atoms with Crippen LogP contribution in [0.15, 0.2) is 42.0 Å². The first-order valence-corrected chi connectivity index (χ1v) is 7.07. The lowest BCUT2D eigenvalue weighted by Gasteiger charge is -2.13. The number of rotatable bonds is 6. The summed E-state index contributed by atoms with van der Waals surface area (Å²) in [6.45, 7) is 8.51. The average Bonchev–Trinajstić information content (AvgIpc) is 2.39. The largest absolute Gasteiger partial charge is 0.322 e. The zero-order valence-corrected chi connectivity index (χ0v) is 12.4. The van der Waals surface area contributed by atoms with Crippen LogP contribution in [0.5, 0.6) is 0 Å². The first kappa shape index (κ1) is 15.5. The van der Waals surface area contributed by atoms with E-state index in [4.69, 9.17) is 0 Å². The van der Waals surface area contributed by atoms with Gasteiger partial charge in [0.2, 0.25) is 0 Å². The lowest BCUT2D eigenvalue weighted by Crippen LogP contribution is -2.13. The number of hydrogen-bond donors (Lipinski definition) is 1. The van der Waals surface area contributed by atoms with Crippen molar-refractivity contribution >= 4 is 11.6 Å². The highest BCUT2D eigenvalue weighted by molar-refractivity contribution is 6.03. The van der Waals surface area contributed by atoms with Crippen molar-refractivity contribution in [1.82, 2.24) is 0 Å². The van der Waals surface area contributed by atoms with Gasteiger partial charge in [0.05, 0.1) is 0 Å². The molecule has 2 heteroatoms. The summed E-state index contributed by atoms with van der Waals surface area (Å²) < 4.78 is 0. The molecule has 1 N–H and O–H groups in total. The number of para-hydroxylation sites is 1. The normalized spacial score (nSPS) is 14.8. The minimum absolute atomic E-state index is 0.0119. The molecular weight excluding hydrogens is 234 g/mol. The number of hydrogen-bond acceptors (Lipinski definition) is 1. The van der Waals surface area contributed by atoms with Crippen LogP contribution in [-0.2, 0) is 4.79 Å². The molecule has 0 fully saturated rings. The summed E-state index contributed by atoms with van der Waals surface area (Å²) in [6, 6.07) is 9.56. The highest BCUT2D eigenvalue weighted by atomic mass is 16.1. The maximum absolute atomic E-state index is 12.0. The van der Waals surface area contributed by atoms with Crippen LogP contribution < -0.4 is 5.32 Å². The molecule has 2 atom stereocenters. The van der Waals surface area contributed by atoms with E-state index < -0.39 is 0 Å². The number of benzene rings is 1. The quantitative estimate of drug-likeness (QED) is 0.741. The van der Waals surface area contributed by atoms with Gasteiger partial charge < -0.3 is 5.32 Å². The Kier molecular flexibility index (Phi) is 6.34. The number of carbonyl (C=O) groups excluding carboxylic acids is 1. The molecule has 1 rings (SSSR count). The molecule has 0 radical (unpaired) electrons. The Morgan fingerprint density at radius 3 is 2.47 bits per heavy atom. The van der Waals surface area contributed by atoms with Crippen LogP contribution in [0.25, 0.3) is 0 Å². The van der Waals surface area contributed by atoms with Gasteiger partial charge in [-0.3, -0.25) is 4.79 Å². The molecule has 0 aliphatic carbocycles. The predicted octanol–water partition coefficient (Wildman–Crippen LogP) is 4.64. The summed E-state index contributed by atoms with van der Waals surface area (Å²) in [5, 5.41) is 2.91. The molecular formula is C17H25NO. The molecule has 0 aliphatic rings. The highest BCUT2D eigenvalue weighted by Gasteiger charge is 2.09. The van der Waals surface area contributed by atoms with Gasteiger partial charge in [-0.25, -0.2) is 0 Å². The summed E-state index contributed by atoms with van der Waals surface area (Å²) in [5.74, 6) is 1.13. The monoisotopic (exact) mass is 259 g/mol. The Morgan fingerprint density at radius 1 is 1.26 bits per heavy atom. The van der Waals surface area contributed by atoms with E-state index in [2.05, 4.69) is 32.2 Å². The summed E-state index contributed by atoms with van der Waals surface area (Å²) in [5.41, 5.74) is 1.63. The van der Waals surface area contributed by atoms with Crippen LogP contribution in [0, 0.1) is 11.8 Å². The van der Waals surface area contributed by atoms with Crippen LogP contribution in [0.1, 0.15) is 40.5 Å². The van der Waals surface area contributed by atoms with Gasteiger partial charge in [0.25, 0.3) is 5.91 Å². The Morgan fingerprint density at radius 2 is 1.89 bits per heavy atom. The third-order valence-electron chi connectivity index (χ3n) is 3.40. The van der Waals surface area contributed by atoms with Crippen molar-refractivity contribution in [3.63, 3.8) is 0 Å². The van der Waals surface area contributed by atoms with E-state index in [0.29, 0.717) is 11.8 Å². The number of amides is 1. The van der Waals surface area contributed by atoms with Crippen LogP contribution in [0.2, 0.25) is 0 Å². The van der Waals surface area contributed by atoms with Gasteiger partial charge in [0.1, 0.15) is 0 Å². The van der Waals surface area contributed by atoms with E-state index >= 15 is 0 Å². The minimum Gasteiger partial charge on any atom is -0.322 e. The van der Waals surface area contributed by atoms with Crippen LogP contribution in [0.4, 0.5) is 5.69 Å². The second kappa shape index (κ2) is 7.78. The lowest BCUT2D eigenvalue weighted by atomic mass is 9.94. The second-order valence-corrected chi connectivity index (χ2v) is 5.40. The van der Waals surface area contributed by atoms with Crippen molar-refractivity contribution < 1.29 is 4.79 Å². The fraction of sp³-hybridized carbons (Fsp3) is 0.471. The molecule has 0 saturated carbocycles. The molecule has 1 aromatic rings. The van der Waals surface area contributed by atoms with Crippen LogP contribution in [0.3, 0.4) is 0 Å². The Balaban J connectivity index is 2.56. The zero-order valence-electron chi connectivity index (χ0n) is 12.4. The van der Waals surface area contributed by atoms with Gasteiger partial charge in [-0.1, -0.05) is 51.5 Å². The number of nitrogens with one attached hydrogen (secondary N) is 1. The Labute approximate surface area is 116 Å². The molecule has 2 nitrogen and oxygen atoms in total. The Hall–Kier alpha value is -1.57. The number of carbonyl (C=O) groups is 1. The molecule has 0 spiro atoms. The molecule has 0 aromatic heterocycles. The molecule has 0 heterocycles. The second-order valence-electron chi connectivity index (χ2n) is 5.40. The van der Waals surface area contributed by atoms with E-state index in [1.54, 1.807) is 0 Å². The number of allylic oxidation sites excluding steroid dienone is 1. The van der Waals surface area contributed by atoms with Gasteiger partial charge in [0, 0.05) is 11.3 Å². The predicted molar refractivity (Wildman–Crippen MR) is 82.1 cm³/mol. The van der Waals surface area contributed by atoms with Crippen molar-refractivity contribution in [2.75, 3.05) is 5.32 Å². The standard InChI is InChI=1S/C17H25NO/c1-5-13(2)11-14(3)12-15(4)17(19)18-16-9-7-6-8-10-16/h6-10,12-14H,5,11H2,1-4H3,(H,18,19)/b15-12+/t13-,14+/m1/s1. The van der Waals surface area contributed by atoms with Crippen molar-refractivity contribution in [3.8, 4) is 0 Å². The van der Waals surface area contributed by atoms with Crippen LogP contribution >= 0.6 is 0 Å². The third-order valence-corrected chi connectivity index (χ3v) is 3.40. The number of anilines is 1. The van der Waals surface area contributed by atoms with Crippen molar-refractivity contribution in [2.45, 2.75) is 40.5 Å². The van der Waals surface area contributed by atoms with E-state index in [1.807, 2.05) is 37.3 Å². The summed E-state index contributed by atoms with van der Waals surface area (Å²) in [6.07, 6.45) is 4.39. The van der Waals surface area contributed by atoms with Gasteiger partial charge in [-0.05, 0) is 37.3 Å². The lowest BCUT2D eigenvalue weighted by molar-refractivity contribution is -0.112. The van der Waals surface area contributed by atoms with Gasteiger partial charge >= 0.3 is 0 Å². The SMILES string of the molecule is CC[C@@H](C)C[C@H](C)/C=C(\C)C(=O)Nc1ccccc1. The first-order chi connectivity index (χ1) is 9.02. The molecule has 1 amide bonds. The zero-order chi connectivity index (χ0) is 14.3. The summed E-state index contributed by atoms with van der Waals surface area (Å²) in [7, 11) is 0. The third kappa shape index (κ3) is 5.73. The molecule has 0 aliphatic heterocycles. The fourth-order valence-corrected chi connectivity index (χ4v) is 2.12. The smallest absolute Gasteiger partial charge is 0.250 e. The summed E-state index contributed by atoms with van der Waals surface area (Å²) >= 11 is 0. The van der Waals surface area contributed by atoms with Crippen molar-refractivity contribution in [2.24, 2.45) is 11.8 Å². The Bertz CT molecular complexity index is 422. The van der Waals surface area contributed by atoms with Crippen LogP contribution in [-0.4, -0.2) is 5.91 Å². The minimum atomic E-state index is -0.0119. The van der Waals surface area contributed by atoms with E-state index in [1.165, 1.54) is 6.42 Å². The maximum atomic E-state index is 12.0. The van der Waals surface area contributed by atoms with E-state index in [0.717, 1.165) is 17.7 Å². The molecule has 104 valence electrons. The first-order valence-electron chi connectivity index (χ1n) is 7.07.